The fraction of sp³-hybridized carbons (Fsp3) is 0.407. The molecule has 3 fully saturated rings. The van der Waals surface area contributed by atoms with Crippen LogP contribution >= 0.6 is 0 Å². The molecule has 0 unspecified atom stereocenters. The number of ether oxygens (including phenoxy) is 1. The number of amides is 1. The van der Waals surface area contributed by atoms with Gasteiger partial charge in [-0.2, -0.15) is 10.1 Å². The van der Waals surface area contributed by atoms with Gasteiger partial charge in [0, 0.05) is 55.6 Å². The zero-order valence-electron chi connectivity index (χ0n) is 21.1. The molecule has 0 bridgehead atoms. The van der Waals surface area contributed by atoms with Gasteiger partial charge in [-0.25, -0.2) is 9.67 Å². The lowest BCUT2D eigenvalue weighted by Gasteiger charge is -2.35. The number of hydrogen-bond acceptors (Lipinski definition) is 8. The largest absolute Gasteiger partial charge is 0.494 e. The second kappa shape index (κ2) is 9.85. The third kappa shape index (κ3) is 4.89. The van der Waals surface area contributed by atoms with Crippen LogP contribution in [0.15, 0.2) is 43.2 Å². The maximum atomic E-state index is 12.1. The molecular formula is C27H32N8O2. The number of rotatable bonds is 10. The van der Waals surface area contributed by atoms with Crippen LogP contribution in [0.3, 0.4) is 0 Å². The van der Waals surface area contributed by atoms with Gasteiger partial charge in [0.25, 0.3) is 0 Å². The molecular weight excluding hydrogens is 468 g/mol. The molecule has 0 atom stereocenters. The van der Waals surface area contributed by atoms with Gasteiger partial charge in [-0.05, 0) is 50.9 Å². The zero-order chi connectivity index (χ0) is 25.4. The summed E-state index contributed by atoms with van der Waals surface area (Å²) in [5, 5.41) is 11.1. The van der Waals surface area contributed by atoms with Crippen molar-refractivity contribution < 1.29 is 9.53 Å². The number of carbonyl (C=O) groups excluding carboxylic acids is 1. The first-order valence-electron chi connectivity index (χ1n) is 12.9. The van der Waals surface area contributed by atoms with Gasteiger partial charge < -0.3 is 20.3 Å². The highest BCUT2D eigenvalue weighted by Crippen LogP contribution is 2.42. The quantitative estimate of drug-likeness (QED) is 0.405. The van der Waals surface area contributed by atoms with Gasteiger partial charge in [-0.3, -0.25) is 9.69 Å². The van der Waals surface area contributed by atoms with E-state index in [1.165, 1.54) is 36.6 Å². The van der Waals surface area contributed by atoms with Crippen molar-refractivity contribution in [2.24, 2.45) is 0 Å². The summed E-state index contributed by atoms with van der Waals surface area (Å²) in [6, 6.07) is 5.65. The minimum Gasteiger partial charge on any atom is -0.494 e. The fourth-order valence-electron chi connectivity index (χ4n) is 4.74. The molecule has 1 amide bonds. The average molecular weight is 501 g/mol. The molecule has 1 saturated carbocycles. The monoisotopic (exact) mass is 500 g/mol. The molecule has 10 nitrogen and oxygen atoms in total. The highest BCUT2D eigenvalue weighted by molar-refractivity contribution is 6.02. The van der Waals surface area contributed by atoms with Gasteiger partial charge >= 0.3 is 0 Å². The Balaban J connectivity index is 1.29. The lowest BCUT2D eigenvalue weighted by Crippen LogP contribution is -2.37. The van der Waals surface area contributed by atoms with Crippen LogP contribution in [0, 0.1) is 0 Å². The Kier molecular flexibility index (Phi) is 6.25. The Hall–Kier alpha value is -3.92. The van der Waals surface area contributed by atoms with Crippen LogP contribution in [0.1, 0.15) is 42.9 Å². The Morgan fingerprint density at radius 3 is 2.65 bits per heavy atom. The summed E-state index contributed by atoms with van der Waals surface area (Å²) in [6.45, 7) is 8.71. The topological polar surface area (TPSA) is 100 Å². The predicted molar refractivity (Wildman–Crippen MR) is 143 cm³/mol. The molecule has 2 aliphatic heterocycles. The lowest BCUT2D eigenvalue weighted by atomic mass is 10.1. The van der Waals surface area contributed by atoms with Crippen molar-refractivity contribution >= 4 is 28.9 Å². The van der Waals surface area contributed by atoms with Crippen LogP contribution in [0.5, 0.6) is 5.75 Å². The number of benzene rings is 1. The van der Waals surface area contributed by atoms with Crippen molar-refractivity contribution in [3.8, 4) is 11.6 Å². The van der Waals surface area contributed by atoms with Crippen molar-refractivity contribution in [1.29, 1.82) is 0 Å². The van der Waals surface area contributed by atoms with E-state index < -0.39 is 0 Å². The molecule has 3 aromatic rings. The number of methoxy groups -OCH3 is 1. The molecule has 1 aromatic carbocycles. The number of likely N-dealkylation sites (tertiary alicyclic amines) is 1. The molecule has 0 radical (unpaired) electrons. The molecule has 10 heteroatoms. The average Bonchev–Trinajstić information content (AvgIpc) is 3.61. The van der Waals surface area contributed by atoms with E-state index in [9.17, 15) is 4.79 Å². The van der Waals surface area contributed by atoms with Crippen LogP contribution < -0.4 is 20.3 Å². The van der Waals surface area contributed by atoms with E-state index in [2.05, 4.69) is 38.2 Å². The van der Waals surface area contributed by atoms with Gasteiger partial charge in [0.1, 0.15) is 5.75 Å². The second-order valence-corrected chi connectivity index (χ2v) is 9.86. The first-order valence-corrected chi connectivity index (χ1v) is 12.9. The Labute approximate surface area is 216 Å². The molecule has 3 aliphatic rings. The van der Waals surface area contributed by atoms with E-state index in [4.69, 9.17) is 14.8 Å². The summed E-state index contributed by atoms with van der Waals surface area (Å²) in [7, 11) is 1.63. The minimum absolute atomic E-state index is 0.268. The van der Waals surface area contributed by atoms with E-state index in [1.807, 2.05) is 22.9 Å². The molecule has 192 valence electrons. The summed E-state index contributed by atoms with van der Waals surface area (Å²) in [5.74, 6) is 2.05. The molecule has 37 heavy (non-hydrogen) atoms. The summed E-state index contributed by atoms with van der Waals surface area (Å²) < 4.78 is 7.55. The number of nitrogens with zero attached hydrogens (tertiary/aromatic N) is 6. The Bertz CT molecular complexity index is 1320. The number of aromatic nitrogens is 4. The Morgan fingerprint density at radius 1 is 1.19 bits per heavy atom. The maximum Gasteiger partial charge on any atom is 0.247 e. The smallest absolute Gasteiger partial charge is 0.247 e. The van der Waals surface area contributed by atoms with E-state index in [0.29, 0.717) is 34.8 Å². The van der Waals surface area contributed by atoms with Crippen LogP contribution in [-0.4, -0.2) is 63.8 Å². The highest BCUT2D eigenvalue weighted by Gasteiger charge is 2.31. The normalized spacial score (nSPS) is 17.1. The molecule has 6 rings (SSSR count). The van der Waals surface area contributed by atoms with Gasteiger partial charge in [0.2, 0.25) is 11.9 Å². The second-order valence-electron chi connectivity index (χ2n) is 9.86. The molecule has 2 saturated heterocycles. The SMILES string of the molecule is C=CC(=O)Nc1cc(Nc2nccc(-n3cc(CN4CCC4)c(C4CC4)n3)n2)c(OC)cc1N1CCC1. The van der Waals surface area contributed by atoms with E-state index >= 15 is 0 Å². The van der Waals surface area contributed by atoms with E-state index in [-0.39, 0.29) is 5.91 Å². The number of anilines is 4. The highest BCUT2D eigenvalue weighted by atomic mass is 16.5. The molecule has 2 N–H and O–H groups in total. The number of hydrogen-bond donors (Lipinski definition) is 2. The summed E-state index contributed by atoms with van der Waals surface area (Å²) >= 11 is 0. The summed E-state index contributed by atoms with van der Waals surface area (Å²) in [4.78, 5) is 26.0. The molecule has 0 spiro atoms. The number of carbonyl (C=O) groups is 1. The number of nitrogens with one attached hydrogen (secondary N) is 2. The summed E-state index contributed by atoms with van der Waals surface area (Å²) in [5.41, 5.74) is 4.74. The van der Waals surface area contributed by atoms with E-state index in [0.717, 1.165) is 44.8 Å². The van der Waals surface area contributed by atoms with Crippen molar-refractivity contribution in [1.82, 2.24) is 24.6 Å². The minimum atomic E-state index is -0.268. The van der Waals surface area contributed by atoms with Gasteiger partial charge in [-0.1, -0.05) is 6.58 Å². The lowest BCUT2D eigenvalue weighted by molar-refractivity contribution is -0.111. The predicted octanol–water partition coefficient (Wildman–Crippen LogP) is 3.83. The van der Waals surface area contributed by atoms with Crippen molar-refractivity contribution in [2.75, 3.05) is 48.8 Å². The first kappa shape index (κ1) is 23.5. The van der Waals surface area contributed by atoms with Gasteiger partial charge in [-0.15, -0.1) is 0 Å². The van der Waals surface area contributed by atoms with E-state index in [1.54, 1.807) is 13.3 Å². The summed E-state index contributed by atoms with van der Waals surface area (Å²) in [6.07, 6.45) is 9.91. The van der Waals surface area contributed by atoms with Crippen LogP contribution in [-0.2, 0) is 11.3 Å². The van der Waals surface area contributed by atoms with Crippen LogP contribution in [0.4, 0.5) is 23.0 Å². The first-order chi connectivity index (χ1) is 18.1. The van der Waals surface area contributed by atoms with Gasteiger partial charge in [0.05, 0.1) is 29.9 Å². The van der Waals surface area contributed by atoms with Crippen molar-refractivity contribution in [3.63, 3.8) is 0 Å². The van der Waals surface area contributed by atoms with Crippen LogP contribution in [0.2, 0.25) is 0 Å². The van der Waals surface area contributed by atoms with Crippen molar-refractivity contribution in [3.05, 3.63) is 54.5 Å². The standard InChI is InChI=1S/C27H32N8O2/c1-3-25(36)29-20-14-21(23(37-2)15-22(20)34-12-5-13-34)30-27-28-9-8-24(31-27)35-17-19(16-33-10-4-11-33)26(32-35)18-6-7-18/h3,8-9,14-15,17-18H,1,4-7,10-13,16H2,2H3,(H,29,36)(H,28,30,31). The molecule has 4 heterocycles. The maximum absolute atomic E-state index is 12.1. The third-order valence-corrected chi connectivity index (χ3v) is 7.21. The molecule has 1 aliphatic carbocycles. The Morgan fingerprint density at radius 2 is 2.00 bits per heavy atom. The van der Waals surface area contributed by atoms with Gasteiger partial charge in [0.15, 0.2) is 5.82 Å². The molecule has 2 aromatic heterocycles. The van der Waals surface area contributed by atoms with Crippen LogP contribution in [0.25, 0.3) is 5.82 Å². The van der Waals surface area contributed by atoms with Crippen molar-refractivity contribution in [2.45, 2.75) is 38.1 Å². The third-order valence-electron chi connectivity index (χ3n) is 7.21. The fourth-order valence-corrected chi connectivity index (χ4v) is 4.74. The zero-order valence-corrected chi connectivity index (χ0v) is 21.1.